The van der Waals surface area contributed by atoms with Gasteiger partial charge in [-0.15, -0.1) is 11.3 Å². The lowest BCUT2D eigenvalue weighted by Crippen LogP contribution is -1.80. The Kier molecular flexibility index (Phi) is 3.33. The predicted molar refractivity (Wildman–Crippen MR) is 77.0 cm³/mol. The van der Waals surface area contributed by atoms with Gasteiger partial charge in [-0.1, -0.05) is 18.4 Å². The van der Waals surface area contributed by atoms with Gasteiger partial charge in [-0.25, -0.2) is 4.98 Å². The molecular formula is C15H17NOS. The molecule has 1 heterocycles. The van der Waals surface area contributed by atoms with Crippen molar-refractivity contribution in [3.8, 4) is 5.75 Å². The van der Waals surface area contributed by atoms with Crippen LogP contribution in [-0.4, -0.2) is 10.1 Å². The third-order valence-electron chi connectivity index (χ3n) is 3.46. The third kappa shape index (κ3) is 2.56. The number of thiazole rings is 1. The lowest BCUT2D eigenvalue weighted by atomic mass is 10.1. The zero-order valence-corrected chi connectivity index (χ0v) is 11.2. The molecule has 1 aliphatic rings. The van der Waals surface area contributed by atoms with E-state index in [9.17, 15) is 5.11 Å². The molecule has 0 radical (unpaired) electrons. The largest absolute Gasteiger partial charge is 0.508 e. The van der Waals surface area contributed by atoms with Crippen LogP contribution in [0.5, 0.6) is 5.75 Å². The minimum absolute atomic E-state index is 0.293. The molecule has 0 spiro atoms. The topological polar surface area (TPSA) is 33.1 Å². The van der Waals surface area contributed by atoms with Gasteiger partial charge in [0.1, 0.15) is 10.8 Å². The number of phenolic OH excluding ortho intramolecular Hbond substituents is 1. The fraction of sp³-hybridized carbons (Fsp3) is 0.400. The Hall–Kier alpha value is -1.35. The zero-order chi connectivity index (χ0) is 12.4. The van der Waals surface area contributed by atoms with Gasteiger partial charge in [-0.2, -0.15) is 0 Å². The van der Waals surface area contributed by atoms with E-state index in [1.807, 2.05) is 6.07 Å². The van der Waals surface area contributed by atoms with Crippen LogP contribution in [-0.2, 0) is 0 Å². The molecule has 0 amide bonds. The van der Waals surface area contributed by atoms with Crippen molar-refractivity contribution in [2.75, 3.05) is 0 Å². The summed E-state index contributed by atoms with van der Waals surface area (Å²) < 4.78 is 1.15. The fourth-order valence-electron chi connectivity index (χ4n) is 2.50. The number of fused-ring (bicyclic) bond motifs is 1. The van der Waals surface area contributed by atoms with Crippen molar-refractivity contribution < 1.29 is 5.11 Å². The average Bonchev–Trinajstić information content (AvgIpc) is 2.57. The van der Waals surface area contributed by atoms with Crippen LogP contribution in [0, 0.1) is 0 Å². The summed E-state index contributed by atoms with van der Waals surface area (Å²) in [4.78, 5) is 4.58. The minimum atomic E-state index is 0.293. The lowest BCUT2D eigenvalue weighted by Gasteiger charge is -1.99. The maximum atomic E-state index is 9.45. The predicted octanol–water partition coefficient (Wildman–Crippen LogP) is 4.74. The molecule has 1 aromatic heterocycles. The van der Waals surface area contributed by atoms with Gasteiger partial charge in [-0.3, -0.25) is 0 Å². The Morgan fingerprint density at radius 3 is 2.67 bits per heavy atom. The first-order valence-electron chi connectivity index (χ1n) is 6.60. The van der Waals surface area contributed by atoms with Crippen molar-refractivity contribution in [3.05, 3.63) is 28.8 Å². The average molecular weight is 259 g/mol. The van der Waals surface area contributed by atoms with Crippen LogP contribution < -0.4 is 0 Å². The molecule has 0 aliphatic heterocycles. The monoisotopic (exact) mass is 259 g/mol. The minimum Gasteiger partial charge on any atom is -0.508 e. The molecule has 1 saturated carbocycles. The van der Waals surface area contributed by atoms with Crippen molar-refractivity contribution in [1.82, 2.24) is 4.98 Å². The van der Waals surface area contributed by atoms with Gasteiger partial charge in [0.05, 0.1) is 10.2 Å². The van der Waals surface area contributed by atoms with Crippen LogP contribution in [0.3, 0.4) is 0 Å². The summed E-state index contributed by atoms with van der Waals surface area (Å²) in [6, 6.07) is 5.40. The second-order valence-corrected chi connectivity index (χ2v) is 5.98. The van der Waals surface area contributed by atoms with Gasteiger partial charge >= 0.3 is 0 Å². The fourth-order valence-corrected chi connectivity index (χ4v) is 3.44. The number of aromatic nitrogens is 1. The summed E-state index contributed by atoms with van der Waals surface area (Å²) in [6.07, 6.45) is 10.1. The SMILES string of the molecule is Oc1ccc2sc(C=C3CCCCCC3)nc2c1. The van der Waals surface area contributed by atoms with Gasteiger partial charge in [0.2, 0.25) is 0 Å². The Morgan fingerprint density at radius 2 is 1.89 bits per heavy atom. The number of aromatic hydroxyl groups is 1. The van der Waals surface area contributed by atoms with E-state index in [4.69, 9.17) is 0 Å². The molecular weight excluding hydrogens is 242 g/mol. The third-order valence-corrected chi connectivity index (χ3v) is 4.44. The standard InChI is InChI=1S/C15H17NOS/c17-12-7-8-14-13(10-12)16-15(18-14)9-11-5-3-1-2-4-6-11/h7-10,17H,1-6H2. The highest BCUT2D eigenvalue weighted by Crippen LogP contribution is 2.29. The molecule has 0 saturated heterocycles. The van der Waals surface area contributed by atoms with Crippen LogP contribution in [0.15, 0.2) is 23.8 Å². The molecule has 3 heteroatoms. The molecule has 1 fully saturated rings. The van der Waals surface area contributed by atoms with E-state index >= 15 is 0 Å². The van der Waals surface area contributed by atoms with E-state index in [-0.39, 0.29) is 0 Å². The first kappa shape index (κ1) is 11.7. The molecule has 1 N–H and O–H groups in total. The molecule has 2 nitrogen and oxygen atoms in total. The number of hydrogen-bond acceptors (Lipinski definition) is 3. The quantitative estimate of drug-likeness (QED) is 0.750. The van der Waals surface area contributed by atoms with Gasteiger partial charge in [0, 0.05) is 6.07 Å². The van der Waals surface area contributed by atoms with Gasteiger partial charge in [0.25, 0.3) is 0 Å². The summed E-state index contributed by atoms with van der Waals surface area (Å²) in [7, 11) is 0. The van der Waals surface area contributed by atoms with Gasteiger partial charge in [0.15, 0.2) is 0 Å². The molecule has 2 aromatic rings. The summed E-state index contributed by atoms with van der Waals surface area (Å²) in [6.45, 7) is 0. The molecule has 0 atom stereocenters. The maximum Gasteiger partial charge on any atom is 0.117 e. The van der Waals surface area contributed by atoms with Crippen molar-refractivity contribution >= 4 is 27.6 Å². The van der Waals surface area contributed by atoms with Crippen LogP contribution >= 0.6 is 11.3 Å². The highest BCUT2D eigenvalue weighted by molar-refractivity contribution is 7.19. The molecule has 94 valence electrons. The first-order valence-corrected chi connectivity index (χ1v) is 7.42. The van der Waals surface area contributed by atoms with Gasteiger partial charge < -0.3 is 5.11 Å². The lowest BCUT2D eigenvalue weighted by molar-refractivity contribution is 0.476. The molecule has 3 rings (SSSR count). The summed E-state index contributed by atoms with van der Waals surface area (Å²) >= 11 is 1.71. The van der Waals surface area contributed by atoms with Gasteiger partial charge in [-0.05, 0) is 43.9 Å². The smallest absolute Gasteiger partial charge is 0.117 e. The number of benzene rings is 1. The van der Waals surface area contributed by atoms with Crippen LogP contribution in [0.1, 0.15) is 43.5 Å². The Balaban J connectivity index is 1.91. The molecule has 18 heavy (non-hydrogen) atoms. The Labute approximate surface area is 111 Å². The van der Waals surface area contributed by atoms with Crippen molar-refractivity contribution in [1.29, 1.82) is 0 Å². The highest BCUT2D eigenvalue weighted by atomic mass is 32.1. The van der Waals surface area contributed by atoms with Crippen LogP contribution in [0.2, 0.25) is 0 Å². The van der Waals surface area contributed by atoms with E-state index in [0.29, 0.717) is 5.75 Å². The number of nitrogens with zero attached hydrogens (tertiary/aromatic N) is 1. The highest BCUT2D eigenvalue weighted by Gasteiger charge is 2.07. The maximum absolute atomic E-state index is 9.45. The number of rotatable bonds is 1. The van der Waals surface area contributed by atoms with E-state index in [1.54, 1.807) is 23.5 Å². The number of hydrogen-bond donors (Lipinski definition) is 1. The Bertz CT molecular complexity index is 575. The van der Waals surface area contributed by atoms with Crippen molar-refractivity contribution in [2.45, 2.75) is 38.5 Å². The summed E-state index contributed by atoms with van der Waals surface area (Å²) in [5.41, 5.74) is 2.44. The molecule has 1 aromatic carbocycles. The van der Waals surface area contributed by atoms with E-state index in [1.165, 1.54) is 44.1 Å². The first-order chi connectivity index (χ1) is 8.81. The molecule has 1 aliphatic carbocycles. The summed E-state index contributed by atoms with van der Waals surface area (Å²) in [5.74, 6) is 0.293. The number of allylic oxidation sites excluding steroid dienone is 1. The Morgan fingerprint density at radius 1 is 1.11 bits per heavy atom. The van der Waals surface area contributed by atoms with E-state index in [0.717, 1.165) is 15.2 Å². The zero-order valence-electron chi connectivity index (χ0n) is 10.4. The second kappa shape index (κ2) is 5.11. The molecule has 0 unspecified atom stereocenters. The second-order valence-electron chi connectivity index (χ2n) is 4.92. The van der Waals surface area contributed by atoms with E-state index in [2.05, 4.69) is 11.1 Å². The normalized spacial score (nSPS) is 16.8. The van der Waals surface area contributed by atoms with Crippen LogP contribution in [0.25, 0.3) is 16.3 Å². The number of phenols is 1. The summed E-state index contributed by atoms with van der Waals surface area (Å²) in [5, 5.41) is 10.5. The van der Waals surface area contributed by atoms with Crippen molar-refractivity contribution in [2.24, 2.45) is 0 Å². The molecule has 0 bridgehead atoms. The van der Waals surface area contributed by atoms with E-state index < -0.39 is 0 Å². The van der Waals surface area contributed by atoms with Crippen LogP contribution in [0.4, 0.5) is 0 Å². The van der Waals surface area contributed by atoms with Crippen molar-refractivity contribution in [3.63, 3.8) is 0 Å².